The van der Waals surface area contributed by atoms with Crippen LogP contribution in [0.4, 0.5) is 0 Å². The minimum absolute atomic E-state index is 0.0105. The van der Waals surface area contributed by atoms with Crippen LogP contribution in [0.25, 0.3) is 11.0 Å². The molecule has 0 aliphatic carbocycles. The molecule has 3 aromatic carbocycles. The van der Waals surface area contributed by atoms with E-state index in [2.05, 4.69) is 22.0 Å². The second-order valence-corrected chi connectivity index (χ2v) is 8.43. The second-order valence-electron chi connectivity index (χ2n) is 8.43. The van der Waals surface area contributed by atoms with Gasteiger partial charge in [-0.2, -0.15) is 0 Å². The fraction of sp³-hybridized carbons (Fsp3) is 0.286. The van der Waals surface area contributed by atoms with Gasteiger partial charge in [0.15, 0.2) is 6.61 Å². The van der Waals surface area contributed by atoms with E-state index >= 15 is 0 Å². The molecule has 1 heterocycles. The van der Waals surface area contributed by atoms with Crippen molar-refractivity contribution in [3.05, 3.63) is 89.2 Å². The fourth-order valence-corrected chi connectivity index (χ4v) is 4.03. The molecule has 0 radical (unpaired) electrons. The van der Waals surface area contributed by atoms with Crippen LogP contribution in [0.3, 0.4) is 0 Å². The molecule has 0 saturated heterocycles. The van der Waals surface area contributed by atoms with Crippen LogP contribution in [0.2, 0.25) is 0 Å². The lowest BCUT2D eigenvalue weighted by atomic mass is 10.1. The Hall–Kier alpha value is -3.80. The van der Waals surface area contributed by atoms with Gasteiger partial charge in [0.25, 0.3) is 5.91 Å². The maximum absolute atomic E-state index is 12.3. The third-order valence-electron chi connectivity index (χ3n) is 5.86. The van der Waals surface area contributed by atoms with E-state index in [-0.39, 0.29) is 12.5 Å². The van der Waals surface area contributed by atoms with Crippen molar-refractivity contribution in [1.82, 2.24) is 14.9 Å². The summed E-state index contributed by atoms with van der Waals surface area (Å²) in [7, 11) is 1.69. The Labute approximate surface area is 200 Å². The maximum atomic E-state index is 12.3. The average Bonchev–Trinajstić information content (AvgIpc) is 3.20. The predicted octanol–water partition coefficient (Wildman–Crippen LogP) is 4.84. The van der Waals surface area contributed by atoms with Crippen molar-refractivity contribution in [3.63, 3.8) is 0 Å². The van der Waals surface area contributed by atoms with Crippen molar-refractivity contribution >= 4 is 16.9 Å². The van der Waals surface area contributed by atoms with Gasteiger partial charge in [0.1, 0.15) is 17.3 Å². The zero-order valence-electron chi connectivity index (χ0n) is 20.0. The minimum Gasteiger partial charge on any atom is -0.496 e. The summed E-state index contributed by atoms with van der Waals surface area (Å²) in [5.41, 5.74) is 5.29. The van der Waals surface area contributed by atoms with Crippen LogP contribution in [0, 0.1) is 13.8 Å². The molecule has 1 aromatic heterocycles. The monoisotopic (exact) mass is 457 g/mol. The number of nitrogens with one attached hydrogen (secondary N) is 1. The molecule has 0 unspecified atom stereocenters. The van der Waals surface area contributed by atoms with E-state index in [0.29, 0.717) is 13.1 Å². The number of ether oxygens (including phenoxy) is 2. The Morgan fingerprint density at radius 2 is 1.79 bits per heavy atom. The number of carbonyl (C=O) groups excluding carboxylic acids is 1. The summed E-state index contributed by atoms with van der Waals surface area (Å²) >= 11 is 0. The summed E-state index contributed by atoms with van der Waals surface area (Å²) in [4.78, 5) is 17.1. The lowest BCUT2D eigenvalue weighted by molar-refractivity contribution is -0.123. The molecule has 0 atom stereocenters. The highest BCUT2D eigenvalue weighted by Crippen LogP contribution is 2.23. The van der Waals surface area contributed by atoms with Gasteiger partial charge in [0.05, 0.1) is 24.7 Å². The van der Waals surface area contributed by atoms with Crippen LogP contribution >= 0.6 is 0 Å². The molecular weight excluding hydrogens is 426 g/mol. The van der Waals surface area contributed by atoms with Crippen molar-refractivity contribution in [2.45, 2.75) is 33.2 Å². The molecular formula is C28H31N3O3. The Morgan fingerprint density at radius 1 is 1.00 bits per heavy atom. The van der Waals surface area contributed by atoms with Gasteiger partial charge in [-0.1, -0.05) is 42.5 Å². The first kappa shape index (κ1) is 23.4. The molecule has 0 saturated carbocycles. The zero-order valence-corrected chi connectivity index (χ0v) is 20.0. The van der Waals surface area contributed by atoms with Gasteiger partial charge in [0.2, 0.25) is 0 Å². The SMILES string of the molecule is COc1ccccc1Cn1c(CCCNC(=O)COc2cc(C)ccc2C)nc2ccccc21. The number of imidazole rings is 1. The molecule has 1 N–H and O–H groups in total. The van der Waals surface area contributed by atoms with Crippen LogP contribution in [0.5, 0.6) is 11.5 Å². The molecule has 0 spiro atoms. The van der Waals surface area contributed by atoms with Crippen molar-refractivity contribution in [2.75, 3.05) is 20.3 Å². The number of rotatable bonds is 10. The molecule has 0 aliphatic heterocycles. The molecule has 176 valence electrons. The van der Waals surface area contributed by atoms with Gasteiger partial charge in [0, 0.05) is 18.5 Å². The van der Waals surface area contributed by atoms with E-state index in [1.54, 1.807) is 7.11 Å². The number of benzene rings is 3. The Kier molecular flexibility index (Phi) is 7.48. The van der Waals surface area contributed by atoms with Crippen LogP contribution in [0.15, 0.2) is 66.7 Å². The lowest BCUT2D eigenvalue weighted by Crippen LogP contribution is -2.30. The van der Waals surface area contributed by atoms with Gasteiger partial charge in [-0.05, 0) is 55.7 Å². The number of nitrogens with zero attached hydrogens (tertiary/aromatic N) is 2. The van der Waals surface area contributed by atoms with E-state index < -0.39 is 0 Å². The molecule has 6 heteroatoms. The number of hydrogen-bond donors (Lipinski definition) is 1. The van der Waals surface area contributed by atoms with E-state index in [0.717, 1.165) is 57.9 Å². The highest BCUT2D eigenvalue weighted by Gasteiger charge is 2.13. The molecule has 0 aliphatic rings. The number of carbonyl (C=O) groups is 1. The van der Waals surface area contributed by atoms with Crippen molar-refractivity contribution in [3.8, 4) is 11.5 Å². The summed E-state index contributed by atoms with van der Waals surface area (Å²) in [5.74, 6) is 2.49. The average molecular weight is 458 g/mol. The molecule has 6 nitrogen and oxygen atoms in total. The Morgan fingerprint density at radius 3 is 2.65 bits per heavy atom. The van der Waals surface area contributed by atoms with Crippen molar-refractivity contribution in [1.29, 1.82) is 0 Å². The molecule has 1 amide bonds. The standard InChI is InChI=1S/C28H31N3O3/c1-20-14-15-21(2)26(17-20)34-19-28(32)29-16-8-13-27-30-23-10-5-6-11-24(23)31(27)18-22-9-4-7-12-25(22)33-3/h4-7,9-12,14-15,17H,8,13,16,18-19H2,1-3H3,(H,29,32). The fourth-order valence-electron chi connectivity index (χ4n) is 4.03. The Bertz CT molecular complexity index is 1280. The number of para-hydroxylation sites is 3. The van der Waals surface area contributed by atoms with Gasteiger partial charge in [-0.3, -0.25) is 4.79 Å². The van der Waals surface area contributed by atoms with Gasteiger partial charge >= 0.3 is 0 Å². The largest absolute Gasteiger partial charge is 0.496 e. The quantitative estimate of drug-likeness (QED) is 0.346. The van der Waals surface area contributed by atoms with Gasteiger partial charge in [-0.15, -0.1) is 0 Å². The Balaban J connectivity index is 1.36. The van der Waals surface area contributed by atoms with Crippen LogP contribution < -0.4 is 14.8 Å². The van der Waals surface area contributed by atoms with Crippen LogP contribution in [0.1, 0.15) is 28.9 Å². The zero-order chi connectivity index (χ0) is 23.9. The number of hydrogen-bond acceptors (Lipinski definition) is 4. The summed E-state index contributed by atoms with van der Waals surface area (Å²) in [5, 5.41) is 2.96. The number of aromatic nitrogens is 2. The molecule has 0 fully saturated rings. The first-order valence-corrected chi connectivity index (χ1v) is 11.6. The lowest BCUT2D eigenvalue weighted by Gasteiger charge is -2.13. The van der Waals surface area contributed by atoms with Crippen molar-refractivity contribution < 1.29 is 14.3 Å². The topological polar surface area (TPSA) is 65.4 Å². The number of amides is 1. The third kappa shape index (κ3) is 5.57. The summed E-state index contributed by atoms with van der Waals surface area (Å²) in [6.45, 7) is 5.23. The molecule has 0 bridgehead atoms. The van der Waals surface area contributed by atoms with E-state index in [9.17, 15) is 4.79 Å². The van der Waals surface area contributed by atoms with E-state index in [1.807, 2.05) is 68.4 Å². The maximum Gasteiger partial charge on any atom is 0.257 e. The molecule has 34 heavy (non-hydrogen) atoms. The smallest absolute Gasteiger partial charge is 0.257 e. The third-order valence-corrected chi connectivity index (χ3v) is 5.86. The first-order chi connectivity index (χ1) is 16.5. The summed E-state index contributed by atoms with van der Waals surface area (Å²) in [6.07, 6.45) is 1.53. The predicted molar refractivity (Wildman–Crippen MR) is 135 cm³/mol. The number of methoxy groups -OCH3 is 1. The number of fused-ring (bicyclic) bond motifs is 1. The van der Waals surface area contributed by atoms with Crippen LogP contribution in [-0.2, 0) is 17.8 Å². The first-order valence-electron chi connectivity index (χ1n) is 11.6. The second kappa shape index (κ2) is 10.9. The molecule has 4 aromatic rings. The number of aryl methyl sites for hydroxylation is 3. The highest BCUT2D eigenvalue weighted by molar-refractivity contribution is 5.77. The van der Waals surface area contributed by atoms with E-state index in [4.69, 9.17) is 14.5 Å². The normalized spacial score (nSPS) is 10.9. The minimum atomic E-state index is -0.122. The van der Waals surface area contributed by atoms with Crippen LogP contribution in [-0.4, -0.2) is 35.7 Å². The van der Waals surface area contributed by atoms with Gasteiger partial charge in [-0.25, -0.2) is 4.98 Å². The van der Waals surface area contributed by atoms with E-state index in [1.165, 1.54) is 0 Å². The summed E-state index contributed by atoms with van der Waals surface area (Å²) < 4.78 is 13.5. The summed E-state index contributed by atoms with van der Waals surface area (Å²) in [6, 6.07) is 22.2. The highest BCUT2D eigenvalue weighted by atomic mass is 16.5. The molecule has 4 rings (SSSR count). The van der Waals surface area contributed by atoms with Crippen molar-refractivity contribution in [2.24, 2.45) is 0 Å². The van der Waals surface area contributed by atoms with Gasteiger partial charge < -0.3 is 19.4 Å².